The van der Waals surface area contributed by atoms with E-state index in [4.69, 9.17) is 21.3 Å². The third kappa shape index (κ3) is 5.22. The maximum Gasteiger partial charge on any atom is 0.417 e. The highest BCUT2D eigenvalue weighted by Gasteiger charge is 2.26. The van der Waals surface area contributed by atoms with Crippen molar-refractivity contribution in [1.29, 1.82) is 0 Å². The van der Waals surface area contributed by atoms with Crippen molar-refractivity contribution in [2.75, 3.05) is 18.1 Å². The van der Waals surface area contributed by atoms with E-state index in [0.717, 1.165) is 10.9 Å². The van der Waals surface area contributed by atoms with Gasteiger partial charge in [-0.05, 0) is 45.4 Å². The molecule has 0 fully saturated rings. The molecule has 0 radical (unpaired) electrons. The average molecular weight is 414 g/mol. The highest BCUT2D eigenvalue weighted by Crippen LogP contribution is 2.30. The lowest BCUT2D eigenvalue weighted by Gasteiger charge is -2.26. The van der Waals surface area contributed by atoms with E-state index >= 15 is 0 Å². The molecule has 152 valence electrons. The zero-order valence-corrected chi connectivity index (χ0v) is 17.5. The van der Waals surface area contributed by atoms with E-state index in [-0.39, 0.29) is 19.1 Å². The molecule has 6 nitrogen and oxygen atoms in total. The second-order valence-corrected chi connectivity index (χ2v) is 8.05. The first-order valence-corrected chi connectivity index (χ1v) is 9.80. The summed E-state index contributed by atoms with van der Waals surface area (Å²) >= 11 is 6.20. The van der Waals surface area contributed by atoms with Gasteiger partial charge in [-0.1, -0.05) is 41.9 Å². The Balaban J connectivity index is 2.16. The molecule has 7 heteroatoms. The monoisotopic (exact) mass is 413 g/mol. The first-order valence-electron chi connectivity index (χ1n) is 9.42. The number of hydrogen-bond acceptors (Lipinski definition) is 5. The third-order valence-corrected chi connectivity index (χ3v) is 4.32. The van der Waals surface area contributed by atoms with Crippen LogP contribution in [0.3, 0.4) is 0 Å². The van der Waals surface area contributed by atoms with Crippen LogP contribution in [0.4, 0.5) is 10.7 Å². The normalized spacial score (nSPS) is 11.5. The minimum atomic E-state index is -0.665. The number of aliphatic hydroxyl groups excluding tert-OH is 1. The number of amides is 1. The van der Waals surface area contributed by atoms with Crippen LogP contribution in [-0.4, -0.2) is 39.9 Å². The lowest BCUT2D eigenvalue weighted by molar-refractivity contribution is 0.0576. The van der Waals surface area contributed by atoms with Crippen LogP contribution in [0.2, 0.25) is 5.02 Å². The molecule has 1 amide bonds. The summed E-state index contributed by atoms with van der Waals surface area (Å²) in [5.74, 6) is 0.223. The lowest BCUT2D eigenvalue weighted by atomic mass is 10.1. The Morgan fingerprint density at radius 3 is 2.52 bits per heavy atom. The average Bonchev–Trinajstić information content (AvgIpc) is 2.67. The number of hydrogen-bond donors (Lipinski definition) is 1. The molecular weight excluding hydrogens is 390 g/mol. The Morgan fingerprint density at radius 1 is 1.14 bits per heavy atom. The topological polar surface area (TPSA) is 75.5 Å². The number of carbonyl (C=O) groups is 1. The van der Waals surface area contributed by atoms with E-state index in [1.54, 1.807) is 32.9 Å². The Bertz CT molecular complexity index is 1000. The first kappa shape index (κ1) is 21.0. The van der Waals surface area contributed by atoms with Gasteiger partial charge >= 0.3 is 6.09 Å². The smallest absolute Gasteiger partial charge is 0.417 e. The fourth-order valence-corrected chi connectivity index (χ4v) is 3.02. The molecular formula is C22H24ClN3O3. The molecule has 0 saturated heterocycles. The van der Waals surface area contributed by atoms with Gasteiger partial charge in [-0.2, -0.15) is 0 Å². The van der Waals surface area contributed by atoms with Gasteiger partial charge in [0.05, 0.1) is 11.2 Å². The minimum absolute atomic E-state index is 0.0615. The fourth-order valence-electron chi connectivity index (χ4n) is 2.84. The molecule has 3 aromatic rings. The Labute approximate surface area is 175 Å². The highest BCUT2D eigenvalue weighted by atomic mass is 35.5. The van der Waals surface area contributed by atoms with Crippen molar-refractivity contribution in [1.82, 2.24) is 9.97 Å². The summed E-state index contributed by atoms with van der Waals surface area (Å²) in [6, 6.07) is 15.0. The molecule has 1 aromatic heterocycles. The van der Waals surface area contributed by atoms with Crippen LogP contribution >= 0.6 is 11.6 Å². The minimum Gasteiger partial charge on any atom is -0.443 e. The van der Waals surface area contributed by atoms with Gasteiger partial charge in [-0.3, -0.25) is 0 Å². The molecule has 0 bridgehead atoms. The van der Waals surface area contributed by atoms with E-state index in [9.17, 15) is 9.90 Å². The molecule has 29 heavy (non-hydrogen) atoms. The lowest BCUT2D eigenvalue weighted by Crippen LogP contribution is -2.38. The number of ether oxygens (including phenoxy) is 1. The largest absolute Gasteiger partial charge is 0.443 e. The van der Waals surface area contributed by atoms with Crippen LogP contribution in [0.25, 0.3) is 22.2 Å². The zero-order valence-electron chi connectivity index (χ0n) is 16.7. The van der Waals surface area contributed by atoms with Gasteiger partial charge < -0.3 is 9.84 Å². The highest BCUT2D eigenvalue weighted by molar-refractivity contribution is 6.31. The van der Waals surface area contributed by atoms with Crippen molar-refractivity contribution < 1.29 is 14.6 Å². The van der Waals surface area contributed by atoms with Crippen molar-refractivity contribution in [2.24, 2.45) is 0 Å². The number of fused-ring (bicyclic) bond motifs is 1. The van der Waals surface area contributed by atoms with E-state index in [1.165, 1.54) is 4.90 Å². The number of benzene rings is 2. The molecule has 0 aliphatic carbocycles. The molecule has 0 aliphatic rings. The maximum absolute atomic E-state index is 12.8. The Morgan fingerprint density at radius 2 is 1.86 bits per heavy atom. The number of halogens is 1. The molecule has 0 unspecified atom stereocenters. The summed E-state index contributed by atoms with van der Waals surface area (Å²) in [6.45, 7) is 5.57. The van der Waals surface area contributed by atoms with Crippen molar-refractivity contribution in [2.45, 2.75) is 32.8 Å². The van der Waals surface area contributed by atoms with Crippen molar-refractivity contribution in [3.05, 3.63) is 53.6 Å². The molecule has 1 heterocycles. The quantitative estimate of drug-likeness (QED) is 0.631. The summed E-state index contributed by atoms with van der Waals surface area (Å²) in [5.41, 5.74) is 1.55. The first-order chi connectivity index (χ1) is 13.8. The van der Waals surface area contributed by atoms with Crippen LogP contribution < -0.4 is 4.90 Å². The number of anilines is 1. The van der Waals surface area contributed by atoms with Gasteiger partial charge in [0.25, 0.3) is 0 Å². The van der Waals surface area contributed by atoms with Crippen molar-refractivity contribution >= 4 is 34.5 Å². The van der Waals surface area contributed by atoms with Crippen LogP contribution in [0.15, 0.2) is 48.5 Å². The summed E-state index contributed by atoms with van der Waals surface area (Å²) < 4.78 is 5.53. The molecule has 0 saturated carbocycles. The van der Waals surface area contributed by atoms with Crippen LogP contribution in [0, 0.1) is 0 Å². The molecule has 0 spiro atoms. The summed E-state index contributed by atoms with van der Waals surface area (Å²) in [6.07, 6.45) is -0.180. The molecule has 1 N–H and O–H groups in total. The number of aliphatic hydroxyl groups is 1. The maximum atomic E-state index is 12.8. The van der Waals surface area contributed by atoms with Gasteiger partial charge in [0, 0.05) is 29.1 Å². The number of rotatable bonds is 5. The van der Waals surface area contributed by atoms with Gasteiger partial charge in [0.1, 0.15) is 5.60 Å². The third-order valence-electron chi connectivity index (χ3n) is 4.09. The number of nitrogens with zero attached hydrogens (tertiary/aromatic N) is 3. The van der Waals surface area contributed by atoms with E-state index in [0.29, 0.717) is 22.7 Å². The summed E-state index contributed by atoms with van der Waals surface area (Å²) in [7, 11) is 0. The summed E-state index contributed by atoms with van der Waals surface area (Å²) in [4.78, 5) is 23.5. The predicted octanol–water partition coefficient (Wildman–Crippen LogP) is 5.07. The molecule has 0 atom stereocenters. The zero-order chi connectivity index (χ0) is 21.0. The summed E-state index contributed by atoms with van der Waals surface area (Å²) in [5, 5.41) is 10.6. The van der Waals surface area contributed by atoms with Gasteiger partial charge in [0.2, 0.25) is 5.95 Å². The standard InChI is InChI=1S/C22H24ClN3O3/c1-22(2,3)29-21(28)26(12-7-13-27)20-24-18-11-10-16(23)14-17(18)19(25-20)15-8-5-4-6-9-15/h4-6,8-11,14,27H,7,12-13H2,1-3H3. The second kappa shape index (κ2) is 8.76. The SMILES string of the molecule is CC(C)(C)OC(=O)N(CCCO)c1nc(-c2ccccc2)c2cc(Cl)ccc2n1. The van der Waals surface area contributed by atoms with Crippen LogP contribution in [0.5, 0.6) is 0 Å². The van der Waals surface area contributed by atoms with Gasteiger partial charge in [-0.25, -0.2) is 19.7 Å². The fraction of sp³-hybridized carbons (Fsp3) is 0.318. The van der Waals surface area contributed by atoms with E-state index in [1.807, 2.05) is 36.4 Å². The van der Waals surface area contributed by atoms with Gasteiger partial charge in [0.15, 0.2) is 0 Å². The van der Waals surface area contributed by atoms with Crippen LogP contribution in [0.1, 0.15) is 27.2 Å². The number of carbonyl (C=O) groups excluding carboxylic acids is 1. The Kier molecular flexibility index (Phi) is 6.35. The van der Waals surface area contributed by atoms with E-state index < -0.39 is 11.7 Å². The number of aromatic nitrogens is 2. The second-order valence-electron chi connectivity index (χ2n) is 7.61. The van der Waals surface area contributed by atoms with Crippen molar-refractivity contribution in [3.63, 3.8) is 0 Å². The van der Waals surface area contributed by atoms with Crippen molar-refractivity contribution in [3.8, 4) is 11.3 Å². The molecule has 3 rings (SSSR count). The predicted molar refractivity (Wildman–Crippen MR) is 115 cm³/mol. The molecule has 2 aromatic carbocycles. The van der Waals surface area contributed by atoms with E-state index in [2.05, 4.69) is 4.98 Å². The van der Waals surface area contributed by atoms with Gasteiger partial charge in [-0.15, -0.1) is 0 Å². The molecule has 0 aliphatic heterocycles. The Hall–Kier alpha value is -2.70. The van der Waals surface area contributed by atoms with Crippen LogP contribution in [-0.2, 0) is 4.74 Å².